The highest BCUT2D eigenvalue weighted by atomic mass is 127. The molecule has 0 aromatic heterocycles. The third kappa shape index (κ3) is 5.44. The largest absolute Gasteiger partial charge is 0.493 e. The Hall–Kier alpha value is -3.46. The van der Waals surface area contributed by atoms with Gasteiger partial charge >= 0.3 is 0 Å². The molecule has 2 aliphatic carbocycles. The second-order valence-corrected chi connectivity index (χ2v) is 11.9. The summed E-state index contributed by atoms with van der Waals surface area (Å²) >= 11 is 2.21. The highest BCUT2D eigenvalue weighted by molar-refractivity contribution is 14.1. The third-order valence-electron chi connectivity index (χ3n) is 8.13. The number of hydrogen-bond donors (Lipinski definition) is 0. The molecule has 1 heterocycles. The van der Waals surface area contributed by atoms with E-state index < -0.39 is 5.92 Å². The zero-order valence-electron chi connectivity index (χ0n) is 22.9. The molecule has 0 amide bonds. The highest BCUT2D eigenvalue weighted by Crippen LogP contribution is 2.51. The third-order valence-corrected chi connectivity index (χ3v) is 8.93. The van der Waals surface area contributed by atoms with Crippen molar-refractivity contribution in [1.29, 1.82) is 0 Å². The first-order valence-corrected chi connectivity index (χ1v) is 15.1. The maximum absolute atomic E-state index is 13.7. The molecule has 7 heteroatoms. The van der Waals surface area contributed by atoms with E-state index in [-0.39, 0.29) is 24.0 Å². The van der Waals surface area contributed by atoms with Crippen LogP contribution in [-0.4, -0.2) is 23.6 Å². The number of rotatable bonds is 7. The molecule has 3 aromatic carbocycles. The van der Waals surface area contributed by atoms with Crippen LogP contribution < -0.4 is 9.47 Å². The van der Waals surface area contributed by atoms with E-state index in [2.05, 4.69) is 39.6 Å². The molecule has 0 saturated carbocycles. The number of methoxy groups -OCH3 is 1. The normalized spacial score (nSPS) is 17.5. The molecule has 0 radical (unpaired) electrons. The Morgan fingerprint density at radius 2 is 1.51 bits per heavy atom. The Labute approximate surface area is 253 Å². The Bertz CT molecular complexity index is 1530. The predicted octanol–water partition coefficient (Wildman–Crippen LogP) is 7.63. The fourth-order valence-electron chi connectivity index (χ4n) is 6.34. The predicted molar refractivity (Wildman–Crippen MR) is 163 cm³/mol. The number of halogens is 2. The Morgan fingerprint density at radius 3 is 2.15 bits per heavy atom. The van der Waals surface area contributed by atoms with E-state index in [0.717, 1.165) is 62.9 Å². The second-order valence-electron chi connectivity index (χ2n) is 10.7. The summed E-state index contributed by atoms with van der Waals surface area (Å²) in [6, 6.07) is 20.5. The van der Waals surface area contributed by atoms with Gasteiger partial charge in [0.2, 0.25) is 0 Å². The van der Waals surface area contributed by atoms with Crippen molar-refractivity contribution in [2.45, 2.75) is 57.6 Å². The van der Waals surface area contributed by atoms with E-state index in [1.807, 2.05) is 36.4 Å². The van der Waals surface area contributed by atoms with Crippen molar-refractivity contribution >= 4 is 34.2 Å². The summed E-state index contributed by atoms with van der Waals surface area (Å²) in [6.07, 6.45) is 4.18. The van der Waals surface area contributed by atoms with Gasteiger partial charge in [0.05, 0.1) is 10.7 Å². The zero-order valence-corrected chi connectivity index (χ0v) is 25.1. The van der Waals surface area contributed by atoms with Gasteiger partial charge in [-0.2, -0.15) is 0 Å². The summed E-state index contributed by atoms with van der Waals surface area (Å²) in [6.45, 7) is 0.822. The first-order chi connectivity index (χ1) is 19.9. The van der Waals surface area contributed by atoms with Crippen molar-refractivity contribution in [3.05, 3.63) is 115 Å². The molecule has 210 valence electrons. The average molecular weight is 664 g/mol. The fraction of sp³-hybridized carbons (Fsp3) is 0.294. The number of benzene rings is 3. The van der Waals surface area contributed by atoms with Gasteiger partial charge in [0.25, 0.3) is 0 Å². The number of allylic oxidation sites excluding steroid dienone is 4. The number of nitrogens with zero attached hydrogens (tertiary/aromatic N) is 1. The summed E-state index contributed by atoms with van der Waals surface area (Å²) in [4.78, 5) is 29.6. The molecule has 3 aliphatic rings. The molecule has 1 aliphatic heterocycles. The first-order valence-electron chi connectivity index (χ1n) is 14.0. The van der Waals surface area contributed by atoms with Crippen LogP contribution in [0.2, 0.25) is 0 Å². The van der Waals surface area contributed by atoms with Crippen LogP contribution in [0.5, 0.6) is 11.5 Å². The smallest absolute Gasteiger partial charge is 0.174 e. The molecule has 0 unspecified atom stereocenters. The lowest BCUT2D eigenvalue weighted by atomic mass is 9.71. The van der Waals surface area contributed by atoms with E-state index in [9.17, 15) is 14.0 Å². The summed E-state index contributed by atoms with van der Waals surface area (Å²) in [5, 5.41) is 0. The Kier molecular flexibility index (Phi) is 7.97. The monoisotopic (exact) mass is 663 g/mol. The molecule has 5 nitrogen and oxygen atoms in total. The second kappa shape index (κ2) is 11.8. The fourth-order valence-corrected chi connectivity index (χ4v) is 7.12. The molecule has 6 rings (SSSR count). The van der Waals surface area contributed by atoms with Gasteiger partial charge in [0, 0.05) is 47.8 Å². The van der Waals surface area contributed by atoms with Crippen LogP contribution in [0.4, 0.5) is 4.39 Å². The molecule has 3 aromatic rings. The van der Waals surface area contributed by atoms with Crippen LogP contribution in [0.1, 0.15) is 61.1 Å². The number of Topliss-reactive ketones (excluding diaryl/α,β-unsaturated/α-hetero) is 2. The Balaban J connectivity index is 1.44. The van der Waals surface area contributed by atoms with Gasteiger partial charge in [-0.1, -0.05) is 42.5 Å². The van der Waals surface area contributed by atoms with Gasteiger partial charge in [-0.25, -0.2) is 4.39 Å². The SMILES string of the molecule is COc1cc(C2C3=C(CCCC3=O)N(Cc3ccccc3)C3=C2C(=O)CCC3)cc(I)c1OCc1cccc(F)c1. The van der Waals surface area contributed by atoms with Crippen LogP contribution >= 0.6 is 22.6 Å². The average Bonchev–Trinajstić information content (AvgIpc) is 2.97. The number of carbonyl (C=O) groups excluding carboxylic acids is 2. The van der Waals surface area contributed by atoms with Crippen LogP contribution in [0.15, 0.2) is 89.3 Å². The topological polar surface area (TPSA) is 55.8 Å². The molecule has 0 fully saturated rings. The van der Waals surface area contributed by atoms with Gasteiger partial charge in [0.1, 0.15) is 12.4 Å². The van der Waals surface area contributed by atoms with Gasteiger partial charge in [-0.05, 0) is 89.2 Å². The number of hydrogen-bond acceptors (Lipinski definition) is 5. The minimum atomic E-state index is -0.438. The van der Waals surface area contributed by atoms with E-state index in [4.69, 9.17) is 9.47 Å². The minimum absolute atomic E-state index is 0.111. The summed E-state index contributed by atoms with van der Waals surface area (Å²) in [5.41, 5.74) is 6.29. The lowest BCUT2D eigenvalue weighted by Crippen LogP contribution is -2.38. The molecule has 0 atom stereocenters. The van der Waals surface area contributed by atoms with E-state index in [1.165, 1.54) is 12.1 Å². The molecule has 0 saturated heterocycles. The quantitative estimate of drug-likeness (QED) is 0.244. The van der Waals surface area contributed by atoms with Crippen LogP contribution in [-0.2, 0) is 22.7 Å². The van der Waals surface area contributed by atoms with Crippen LogP contribution in [0, 0.1) is 9.39 Å². The van der Waals surface area contributed by atoms with E-state index in [1.54, 1.807) is 13.2 Å². The summed E-state index contributed by atoms with van der Waals surface area (Å²) < 4.78 is 26.4. The van der Waals surface area contributed by atoms with Crippen LogP contribution in [0.25, 0.3) is 0 Å². The summed E-state index contributed by atoms with van der Waals surface area (Å²) in [7, 11) is 1.58. The lowest BCUT2D eigenvalue weighted by Gasteiger charge is -2.44. The molecule has 0 N–H and O–H groups in total. The summed E-state index contributed by atoms with van der Waals surface area (Å²) in [5.74, 6) is 0.539. The maximum atomic E-state index is 13.7. The Morgan fingerprint density at radius 1 is 0.854 bits per heavy atom. The van der Waals surface area contributed by atoms with Gasteiger partial charge in [-0.3, -0.25) is 9.59 Å². The van der Waals surface area contributed by atoms with Crippen LogP contribution in [0.3, 0.4) is 0 Å². The van der Waals surface area contributed by atoms with E-state index >= 15 is 0 Å². The number of carbonyl (C=O) groups is 2. The van der Waals surface area contributed by atoms with Crippen molar-refractivity contribution in [3.63, 3.8) is 0 Å². The maximum Gasteiger partial charge on any atom is 0.174 e. The van der Waals surface area contributed by atoms with Gasteiger partial charge in [0.15, 0.2) is 23.1 Å². The molecule has 41 heavy (non-hydrogen) atoms. The van der Waals surface area contributed by atoms with Crippen molar-refractivity contribution in [2.75, 3.05) is 7.11 Å². The van der Waals surface area contributed by atoms with Crippen molar-refractivity contribution in [3.8, 4) is 11.5 Å². The molecular formula is C34H31FINO4. The first kappa shape index (κ1) is 27.7. The van der Waals surface area contributed by atoms with Gasteiger partial charge < -0.3 is 14.4 Å². The number of ether oxygens (including phenoxy) is 2. The highest BCUT2D eigenvalue weighted by Gasteiger charge is 2.43. The van der Waals surface area contributed by atoms with Gasteiger partial charge in [-0.15, -0.1) is 0 Å². The van der Waals surface area contributed by atoms with E-state index in [0.29, 0.717) is 36.4 Å². The minimum Gasteiger partial charge on any atom is -0.493 e. The molecule has 0 bridgehead atoms. The molecular weight excluding hydrogens is 632 g/mol. The van der Waals surface area contributed by atoms with Crippen molar-refractivity contribution in [1.82, 2.24) is 4.90 Å². The lowest BCUT2D eigenvalue weighted by molar-refractivity contribution is -0.117. The number of ketones is 2. The standard InChI is InChI=1S/C34H31FINO4/c1-40-30-18-23(17-25(36)34(30)41-20-22-10-5-11-24(35)16-22)31-32-26(12-6-14-28(32)38)37(19-21-8-3-2-4-9-21)27-13-7-15-29(39)33(27)31/h2-5,8-11,16-18,31H,6-7,12-15,19-20H2,1H3. The molecule has 0 spiro atoms. The zero-order chi connectivity index (χ0) is 28.5. The van der Waals surface area contributed by atoms with Crippen molar-refractivity contribution < 1.29 is 23.5 Å². The van der Waals surface area contributed by atoms with Crippen molar-refractivity contribution in [2.24, 2.45) is 0 Å².